The van der Waals surface area contributed by atoms with E-state index >= 15 is 0 Å². The normalized spacial score (nSPS) is 23.1. The van der Waals surface area contributed by atoms with Crippen molar-refractivity contribution in [2.45, 2.75) is 19.4 Å². The zero-order chi connectivity index (χ0) is 10.8. The zero-order valence-corrected chi connectivity index (χ0v) is 9.67. The van der Waals surface area contributed by atoms with Crippen molar-refractivity contribution in [1.29, 1.82) is 0 Å². The molecule has 2 heterocycles. The fourth-order valence-electron chi connectivity index (χ4n) is 1.98. The summed E-state index contributed by atoms with van der Waals surface area (Å²) in [5, 5.41) is 2.05. The molecular formula is C12H15NOS. The van der Waals surface area contributed by atoms with Crippen LogP contribution in [0.1, 0.15) is 24.3 Å². The minimum absolute atomic E-state index is 0.211. The van der Waals surface area contributed by atoms with Crippen molar-refractivity contribution in [2.75, 3.05) is 6.54 Å². The quantitative estimate of drug-likeness (QED) is 0.719. The van der Waals surface area contributed by atoms with E-state index in [4.69, 9.17) is 0 Å². The van der Waals surface area contributed by atoms with Crippen molar-refractivity contribution >= 4 is 17.2 Å². The van der Waals surface area contributed by atoms with Crippen LogP contribution in [0.4, 0.5) is 0 Å². The van der Waals surface area contributed by atoms with E-state index in [0.717, 1.165) is 6.54 Å². The van der Waals surface area contributed by atoms with Crippen LogP contribution in [-0.4, -0.2) is 17.4 Å². The number of likely N-dealkylation sites (tertiary alicyclic amines) is 1. The summed E-state index contributed by atoms with van der Waals surface area (Å²) in [6.45, 7) is 6.67. The van der Waals surface area contributed by atoms with E-state index in [1.54, 1.807) is 11.3 Å². The molecule has 0 aliphatic carbocycles. The van der Waals surface area contributed by atoms with Gasteiger partial charge in [0.15, 0.2) is 0 Å². The van der Waals surface area contributed by atoms with E-state index in [2.05, 4.69) is 24.9 Å². The molecule has 1 aromatic heterocycles. The van der Waals surface area contributed by atoms with Gasteiger partial charge in [0.25, 0.3) is 0 Å². The SMILES string of the molecule is C=CC1CC(=O)N(C(C)c2cccs2)C1. The Morgan fingerprint density at radius 3 is 3.07 bits per heavy atom. The van der Waals surface area contributed by atoms with Gasteiger partial charge in [-0.25, -0.2) is 0 Å². The lowest BCUT2D eigenvalue weighted by Crippen LogP contribution is -2.27. The molecule has 2 rings (SSSR count). The second-order valence-electron chi connectivity index (χ2n) is 3.94. The van der Waals surface area contributed by atoms with E-state index in [9.17, 15) is 4.79 Å². The van der Waals surface area contributed by atoms with Crippen LogP contribution in [0.25, 0.3) is 0 Å². The molecule has 2 nitrogen and oxygen atoms in total. The Labute approximate surface area is 94.2 Å². The van der Waals surface area contributed by atoms with Gasteiger partial charge < -0.3 is 4.90 Å². The van der Waals surface area contributed by atoms with Gasteiger partial charge in [0.05, 0.1) is 6.04 Å². The Morgan fingerprint density at radius 1 is 1.73 bits per heavy atom. The topological polar surface area (TPSA) is 20.3 Å². The van der Waals surface area contributed by atoms with Crippen molar-refractivity contribution in [2.24, 2.45) is 5.92 Å². The van der Waals surface area contributed by atoms with Crippen LogP contribution in [0.5, 0.6) is 0 Å². The summed E-state index contributed by atoms with van der Waals surface area (Å²) in [5.41, 5.74) is 0. The molecule has 0 N–H and O–H groups in total. The largest absolute Gasteiger partial charge is 0.335 e. The molecule has 1 saturated heterocycles. The first-order valence-electron chi connectivity index (χ1n) is 5.17. The van der Waals surface area contributed by atoms with E-state index in [0.29, 0.717) is 12.3 Å². The summed E-state index contributed by atoms with van der Waals surface area (Å²) in [7, 11) is 0. The van der Waals surface area contributed by atoms with Crippen LogP contribution < -0.4 is 0 Å². The predicted molar refractivity (Wildman–Crippen MR) is 62.8 cm³/mol. The number of carbonyl (C=O) groups excluding carboxylic acids is 1. The van der Waals surface area contributed by atoms with Crippen molar-refractivity contribution in [3.05, 3.63) is 35.0 Å². The first-order valence-corrected chi connectivity index (χ1v) is 6.05. The number of rotatable bonds is 3. The molecular weight excluding hydrogens is 206 g/mol. The lowest BCUT2D eigenvalue weighted by Gasteiger charge is -2.23. The molecule has 1 fully saturated rings. The number of amides is 1. The molecule has 2 unspecified atom stereocenters. The fraction of sp³-hybridized carbons (Fsp3) is 0.417. The van der Waals surface area contributed by atoms with Gasteiger partial charge in [0.2, 0.25) is 5.91 Å². The Morgan fingerprint density at radius 2 is 2.53 bits per heavy atom. The third-order valence-corrected chi connectivity index (χ3v) is 3.99. The molecule has 0 spiro atoms. The lowest BCUT2D eigenvalue weighted by molar-refractivity contribution is -0.129. The van der Waals surface area contributed by atoms with Crippen LogP contribution >= 0.6 is 11.3 Å². The highest BCUT2D eigenvalue weighted by molar-refractivity contribution is 7.10. The van der Waals surface area contributed by atoms with E-state index in [1.807, 2.05) is 17.0 Å². The minimum atomic E-state index is 0.211. The van der Waals surface area contributed by atoms with Gasteiger partial charge >= 0.3 is 0 Å². The molecule has 0 bridgehead atoms. The average Bonchev–Trinajstić information content (AvgIpc) is 2.85. The number of nitrogens with zero attached hydrogens (tertiary/aromatic N) is 1. The molecule has 1 aromatic rings. The molecule has 15 heavy (non-hydrogen) atoms. The van der Waals surface area contributed by atoms with Crippen LogP contribution in [0.15, 0.2) is 30.2 Å². The standard InChI is InChI=1S/C12H15NOS/c1-3-10-7-12(14)13(8-10)9(2)11-5-4-6-15-11/h3-6,9-10H,1,7-8H2,2H3. The van der Waals surface area contributed by atoms with Crippen molar-refractivity contribution < 1.29 is 4.79 Å². The number of thiophene rings is 1. The third-order valence-electron chi connectivity index (χ3n) is 2.94. The zero-order valence-electron chi connectivity index (χ0n) is 8.85. The van der Waals surface area contributed by atoms with E-state index in [1.165, 1.54) is 4.88 Å². The summed E-state index contributed by atoms with van der Waals surface area (Å²) >= 11 is 1.71. The maximum atomic E-state index is 11.8. The molecule has 0 saturated carbocycles. The second kappa shape index (κ2) is 4.19. The van der Waals surface area contributed by atoms with Gasteiger partial charge in [-0.15, -0.1) is 17.9 Å². The van der Waals surface area contributed by atoms with Crippen molar-refractivity contribution in [1.82, 2.24) is 4.90 Å². The maximum absolute atomic E-state index is 11.8. The van der Waals surface area contributed by atoms with Gasteiger partial charge in [0.1, 0.15) is 0 Å². The fourth-order valence-corrected chi connectivity index (χ4v) is 2.77. The molecule has 3 heteroatoms. The van der Waals surface area contributed by atoms with E-state index in [-0.39, 0.29) is 11.9 Å². The highest BCUT2D eigenvalue weighted by Crippen LogP contribution is 2.30. The van der Waals surface area contributed by atoms with E-state index < -0.39 is 0 Å². The molecule has 1 aliphatic heterocycles. The first-order chi connectivity index (χ1) is 7.22. The van der Waals surface area contributed by atoms with Crippen LogP contribution in [0.2, 0.25) is 0 Å². The summed E-state index contributed by atoms with van der Waals surface area (Å²) in [6, 6.07) is 4.33. The molecule has 80 valence electrons. The van der Waals surface area contributed by atoms with Crippen molar-refractivity contribution in [3.63, 3.8) is 0 Å². The Balaban J connectivity index is 2.11. The molecule has 0 radical (unpaired) electrons. The second-order valence-corrected chi connectivity index (χ2v) is 4.92. The van der Waals surface area contributed by atoms with Gasteiger partial charge in [-0.2, -0.15) is 0 Å². The average molecular weight is 221 g/mol. The predicted octanol–water partition coefficient (Wildman–Crippen LogP) is 2.84. The smallest absolute Gasteiger partial charge is 0.223 e. The molecule has 1 amide bonds. The molecule has 0 aromatic carbocycles. The Kier molecular flexibility index (Phi) is 2.91. The summed E-state index contributed by atoms with van der Waals surface area (Å²) in [5.74, 6) is 0.584. The van der Waals surface area contributed by atoms with Crippen LogP contribution in [0, 0.1) is 5.92 Å². The summed E-state index contributed by atoms with van der Waals surface area (Å²) in [6.07, 6.45) is 2.51. The maximum Gasteiger partial charge on any atom is 0.223 e. The van der Waals surface area contributed by atoms with Crippen LogP contribution in [0.3, 0.4) is 0 Å². The number of hydrogen-bond acceptors (Lipinski definition) is 2. The van der Waals surface area contributed by atoms with Gasteiger partial charge in [-0.1, -0.05) is 12.1 Å². The van der Waals surface area contributed by atoms with Gasteiger partial charge in [0, 0.05) is 23.8 Å². The first kappa shape index (κ1) is 10.4. The third kappa shape index (κ3) is 1.97. The highest BCUT2D eigenvalue weighted by atomic mass is 32.1. The number of hydrogen-bond donors (Lipinski definition) is 0. The minimum Gasteiger partial charge on any atom is -0.335 e. The summed E-state index contributed by atoms with van der Waals surface area (Å²) in [4.78, 5) is 15.0. The molecule has 2 atom stereocenters. The van der Waals surface area contributed by atoms with Crippen molar-refractivity contribution in [3.8, 4) is 0 Å². The monoisotopic (exact) mass is 221 g/mol. The van der Waals surface area contributed by atoms with Crippen LogP contribution in [-0.2, 0) is 4.79 Å². The number of carbonyl (C=O) groups is 1. The Hall–Kier alpha value is -1.09. The van der Waals surface area contributed by atoms with Gasteiger partial charge in [-0.05, 0) is 18.4 Å². The lowest BCUT2D eigenvalue weighted by atomic mass is 10.1. The molecule has 1 aliphatic rings. The summed E-state index contributed by atoms with van der Waals surface area (Å²) < 4.78 is 0. The van der Waals surface area contributed by atoms with Gasteiger partial charge in [-0.3, -0.25) is 4.79 Å². The Bertz CT molecular complexity index is 358. The highest BCUT2D eigenvalue weighted by Gasteiger charge is 2.31.